The van der Waals surface area contributed by atoms with Crippen LogP contribution in [0, 0.1) is 5.41 Å². The molecule has 0 radical (unpaired) electrons. The third kappa shape index (κ3) is 5.42. The molecule has 2 aromatic rings. The molecule has 2 amide bonds. The second kappa shape index (κ2) is 10.1. The highest BCUT2D eigenvalue weighted by Crippen LogP contribution is 2.35. The second-order valence-electron chi connectivity index (χ2n) is 7.69. The molecule has 1 fully saturated rings. The maximum Gasteiger partial charge on any atom is 0.337 e. The van der Waals surface area contributed by atoms with Crippen molar-refractivity contribution in [2.45, 2.75) is 26.2 Å². The number of hydrogen-bond donors (Lipinski definition) is 1. The molecule has 1 N–H and O–H groups in total. The van der Waals surface area contributed by atoms with Crippen LogP contribution in [0.1, 0.15) is 35.7 Å². The summed E-state index contributed by atoms with van der Waals surface area (Å²) >= 11 is 0. The molecule has 1 aliphatic rings. The lowest BCUT2D eigenvalue weighted by atomic mass is 9.75. The topological polar surface area (TPSA) is 84.9 Å². The molecular formula is C24H28N2O5. The van der Waals surface area contributed by atoms with E-state index >= 15 is 0 Å². The molecule has 31 heavy (non-hydrogen) atoms. The summed E-state index contributed by atoms with van der Waals surface area (Å²) in [5, 5.41) is 2.85. The van der Waals surface area contributed by atoms with Gasteiger partial charge in [0.25, 0.3) is 0 Å². The molecule has 1 atom stereocenters. The van der Waals surface area contributed by atoms with Gasteiger partial charge in [-0.25, -0.2) is 9.59 Å². The minimum absolute atomic E-state index is 0.265. The molecule has 1 aliphatic heterocycles. The van der Waals surface area contributed by atoms with Crippen molar-refractivity contribution < 1.29 is 23.9 Å². The summed E-state index contributed by atoms with van der Waals surface area (Å²) in [5.41, 5.74) is 1.23. The fourth-order valence-electron chi connectivity index (χ4n) is 3.97. The SMILES string of the molecule is CCOC(=O)[C@]1(Cc2ccccc2)CCCN(C(=O)Nc2ccc(C(=O)OC)cc2)C1. The summed E-state index contributed by atoms with van der Waals surface area (Å²) in [6.45, 7) is 2.93. The van der Waals surface area contributed by atoms with E-state index in [2.05, 4.69) is 10.1 Å². The Bertz CT molecular complexity index is 913. The number of carbonyl (C=O) groups is 3. The van der Waals surface area contributed by atoms with Gasteiger partial charge in [-0.1, -0.05) is 30.3 Å². The Labute approximate surface area is 182 Å². The Morgan fingerprint density at radius 3 is 2.42 bits per heavy atom. The Kier molecular flexibility index (Phi) is 7.28. The van der Waals surface area contributed by atoms with E-state index in [4.69, 9.17) is 4.74 Å². The fourth-order valence-corrected chi connectivity index (χ4v) is 3.97. The van der Waals surface area contributed by atoms with Crippen LogP contribution in [0.5, 0.6) is 0 Å². The van der Waals surface area contributed by atoms with Crippen molar-refractivity contribution >= 4 is 23.7 Å². The van der Waals surface area contributed by atoms with Crippen molar-refractivity contribution in [3.05, 3.63) is 65.7 Å². The molecular weight excluding hydrogens is 396 g/mol. The van der Waals surface area contributed by atoms with E-state index in [1.807, 2.05) is 30.3 Å². The summed E-state index contributed by atoms with van der Waals surface area (Å²) in [5.74, 6) is -0.701. The van der Waals surface area contributed by atoms with E-state index in [0.29, 0.717) is 43.7 Å². The minimum atomic E-state index is -0.776. The lowest BCUT2D eigenvalue weighted by Gasteiger charge is -2.41. The Hall–Kier alpha value is -3.35. The average molecular weight is 424 g/mol. The number of urea groups is 1. The van der Waals surface area contributed by atoms with Gasteiger partial charge >= 0.3 is 18.0 Å². The maximum atomic E-state index is 13.0. The van der Waals surface area contributed by atoms with Crippen molar-refractivity contribution in [3.63, 3.8) is 0 Å². The van der Waals surface area contributed by atoms with E-state index in [9.17, 15) is 14.4 Å². The quantitative estimate of drug-likeness (QED) is 0.711. The van der Waals surface area contributed by atoms with Gasteiger partial charge in [0.1, 0.15) is 0 Å². The average Bonchev–Trinajstić information content (AvgIpc) is 2.80. The zero-order chi connectivity index (χ0) is 22.3. The van der Waals surface area contributed by atoms with Gasteiger partial charge in [0.05, 0.1) is 24.7 Å². The molecule has 1 saturated heterocycles. The highest BCUT2D eigenvalue weighted by molar-refractivity contribution is 5.92. The van der Waals surface area contributed by atoms with Gasteiger partial charge in [-0.05, 0) is 56.0 Å². The van der Waals surface area contributed by atoms with Gasteiger partial charge in [0.2, 0.25) is 0 Å². The molecule has 0 spiro atoms. The van der Waals surface area contributed by atoms with Crippen molar-refractivity contribution in [1.29, 1.82) is 0 Å². The molecule has 0 aromatic heterocycles. The van der Waals surface area contributed by atoms with E-state index in [1.54, 1.807) is 36.1 Å². The van der Waals surface area contributed by atoms with Crippen LogP contribution in [0.4, 0.5) is 10.5 Å². The first-order valence-electron chi connectivity index (χ1n) is 10.4. The van der Waals surface area contributed by atoms with Crippen molar-refractivity contribution in [2.75, 3.05) is 32.1 Å². The van der Waals surface area contributed by atoms with Crippen molar-refractivity contribution in [2.24, 2.45) is 5.41 Å². The predicted molar refractivity (Wildman–Crippen MR) is 117 cm³/mol. The number of nitrogens with one attached hydrogen (secondary N) is 1. The van der Waals surface area contributed by atoms with Crippen LogP contribution in [0.3, 0.4) is 0 Å². The van der Waals surface area contributed by atoms with Crippen LogP contribution in [-0.4, -0.2) is 49.7 Å². The van der Waals surface area contributed by atoms with Crippen molar-refractivity contribution in [3.8, 4) is 0 Å². The summed E-state index contributed by atoms with van der Waals surface area (Å²) in [6, 6.07) is 16.0. The van der Waals surface area contributed by atoms with Gasteiger partial charge in [-0.15, -0.1) is 0 Å². The second-order valence-corrected chi connectivity index (χ2v) is 7.69. The van der Waals surface area contributed by atoms with Crippen LogP contribution < -0.4 is 5.32 Å². The molecule has 3 rings (SSSR count). The van der Waals surface area contributed by atoms with E-state index < -0.39 is 11.4 Å². The summed E-state index contributed by atoms with van der Waals surface area (Å²) in [6.07, 6.45) is 1.89. The first kappa shape index (κ1) is 22.3. The third-order valence-electron chi connectivity index (χ3n) is 5.52. The molecule has 1 heterocycles. The van der Waals surface area contributed by atoms with Gasteiger partial charge in [0, 0.05) is 18.8 Å². The largest absolute Gasteiger partial charge is 0.466 e. The molecule has 7 nitrogen and oxygen atoms in total. The molecule has 7 heteroatoms. The van der Waals surface area contributed by atoms with Gasteiger partial charge < -0.3 is 19.7 Å². The molecule has 164 valence electrons. The van der Waals surface area contributed by atoms with Crippen molar-refractivity contribution in [1.82, 2.24) is 4.90 Å². The van der Waals surface area contributed by atoms with Crippen LogP contribution in [0.15, 0.2) is 54.6 Å². The lowest BCUT2D eigenvalue weighted by molar-refractivity contribution is -0.158. The number of methoxy groups -OCH3 is 1. The number of esters is 2. The summed E-state index contributed by atoms with van der Waals surface area (Å²) in [7, 11) is 1.32. The van der Waals surface area contributed by atoms with Crippen LogP contribution in [0.2, 0.25) is 0 Å². The zero-order valence-electron chi connectivity index (χ0n) is 17.9. The minimum Gasteiger partial charge on any atom is -0.466 e. The Balaban J connectivity index is 1.74. The molecule has 0 bridgehead atoms. The zero-order valence-corrected chi connectivity index (χ0v) is 17.9. The summed E-state index contributed by atoms with van der Waals surface area (Å²) in [4.78, 5) is 39.1. The van der Waals surface area contributed by atoms with E-state index in [-0.39, 0.29) is 18.5 Å². The van der Waals surface area contributed by atoms with Crippen LogP contribution >= 0.6 is 0 Å². The van der Waals surface area contributed by atoms with Gasteiger partial charge in [0.15, 0.2) is 0 Å². The normalized spacial score (nSPS) is 18.2. The number of benzene rings is 2. The number of nitrogens with zero attached hydrogens (tertiary/aromatic N) is 1. The van der Waals surface area contributed by atoms with Crippen LogP contribution in [0.25, 0.3) is 0 Å². The third-order valence-corrected chi connectivity index (χ3v) is 5.52. The number of hydrogen-bond acceptors (Lipinski definition) is 5. The Morgan fingerprint density at radius 2 is 1.77 bits per heavy atom. The predicted octanol–water partition coefficient (Wildman–Crippen LogP) is 3.89. The van der Waals surface area contributed by atoms with E-state index in [0.717, 1.165) is 5.56 Å². The maximum absolute atomic E-state index is 13.0. The first-order chi connectivity index (χ1) is 15.0. The highest BCUT2D eigenvalue weighted by Gasteiger charge is 2.44. The number of ether oxygens (including phenoxy) is 2. The number of rotatable bonds is 6. The van der Waals surface area contributed by atoms with Gasteiger partial charge in [-0.3, -0.25) is 4.79 Å². The standard InChI is InChI=1S/C24H28N2O5/c1-3-31-22(28)24(16-18-8-5-4-6-9-18)14-7-15-26(17-24)23(29)25-20-12-10-19(11-13-20)21(27)30-2/h4-6,8-13H,3,7,14-17H2,1-2H3,(H,25,29)/t24-/m0/s1. The monoisotopic (exact) mass is 424 g/mol. The molecule has 2 aromatic carbocycles. The Morgan fingerprint density at radius 1 is 1.06 bits per heavy atom. The molecule has 0 aliphatic carbocycles. The smallest absolute Gasteiger partial charge is 0.337 e. The number of likely N-dealkylation sites (tertiary alicyclic amines) is 1. The number of anilines is 1. The number of amides is 2. The number of piperidine rings is 1. The van der Waals surface area contributed by atoms with E-state index in [1.165, 1.54) is 7.11 Å². The molecule has 0 saturated carbocycles. The first-order valence-corrected chi connectivity index (χ1v) is 10.4. The van der Waals surface area contributed by atoms with Gasteiger partial charge in [-0.2, -0.15) is 0 Å². The lowest BCUT2D eigenvalue weighted by Crippen LogP contribution is -2.52. The van der Waals surface area contributed by atoms with Crippen LogP contribution in [-0.2, 0) is 20.7 Å². The molecule has 0 unspecified atom stereocenters. The summed E-state index contributed by atoms with van der Waals surface area (Å²) < 4.78 is 10.1. The highest BCUT2D eigenvalue weighted by atomic mass is 16.5. The number of carbonyl (C=O) groups excluding carboxylic acids is 3. The fraction of sp³-hybridized carbons (Fsp3) is 0.375.